The van der Waals surface area contributed by atoms with Gasteiger partial charge in [0.05, 0.1) is 0 Å². The third-order valence-corrected chi connectivity index (χ3v) is 4.30. The Morgan fingerprint density at radius 3 is 2.35 bits per heavy atom. The van der Waals surface area contributed by atoms with E-state index in [1.165, 1.54) is 0 Å². The van der Waals surface area contributed by atoms with Crippen molar-refractivity contribution in [3.63, 3.8) is 0 Å². The number of hydrogen-bond acceptors (Lipinski definition) is 2. The standard InChI is InChI=1S/C15H18BrNO3/c16-12-7-5-6-11(10-12)13(18)17-15(14(19)20)8-3-1-2-4-9-15/h5-7,10H,1-4,8-9H2,(H,17,18)(H,19,20). The highest BCUT2D eigenvalue weighted by Crippen LogP contribution is 2.28. The van der Waals surface area contributed by atoms with Gasteiger partial charge in [-0.2, -0.15) is 0 Å². The SMILES string of the molecule is O=C(NC1(C(=O)O)CCCCCC1)c1cccc(Br)c1. The molecule has 0 heterocycles. The van der Waals surface area contributed by atoms with Crippen LogP contribution in [0.15, 0.2) is 28.7 Å². The van der Waals surface area contributed by atoms with Gasteiger partial charge in [0.1, 0.15) is 5.54 Å². The highest BCUT2D eigenvalue weighted by molar-refractivity contribution is 9.10. The Morgan fingerprint density at radius 2 is 1.80 bits per heavy atom. The molecule has 108 valence electrons. The zero-order chi connectivity index (χ0) is 14.6. The van der Waals surface area contributed by atoms with Crippen LogP contribution in [0.1, 0.15) is 48.9 Å². The third-order valence-electron chi connectivity index (χ3n) is 3.81. The summed E-state index contributed by atoms with van der Waals surface area (Å²) in [6.07, 6.45) is 4.74. The number of hydrogen-bond donors (Lipinski definition) is 2. The summed E-state index contributed by atoms with van der Waals surface area (Å²) in [6, 6.07) is 6.98. The maximum atomic E-state index is 12.3. The second-order valence-electron chi connectivity index (χ2n) is 5.27. The molecule has 4 nitrogen and oxygen atoms in total. The van der Waals surface area contributed by atoms with Crippen molar-refractivity contribution >= 4 is 27.8 Å². The first-order valence-corrected chi connectivity index (χ1v) is 7.64. The zero-order valence-electron chi connectivity index (χ0n) is 11.2. The van der Waals surface area contributed by atoms with Crippen molar-refractivity contribution in [3.8, 4) is 0 Å². The van der Waals surface area contributed by atoms with E-state index in [-0.39, 0.29) is 5.91 Å². The van der Waals surface area contributed by atoms with E-state index in [1.807, 2.05) is 6.07 Å². The Hall–Kier alpha value is -1.36. The third kappa shape index (κ3) is 3.39. The van der Waals surface area contributed by atoms with Gasteiger partial charge in [0.2, 0.25) is 0 Å². The average Bonchev–Trinajstić information content (AvgIpc) is 2.65. The number of rotatable bonds is 3. The van der Waals surface area contributed by atoms with Crippen molar-refractivity contribution < 1.29 is 14.7 Å². The molecular weight excluding hydrogens is 322 g/mol. The van der Waals surface area contributed by atoms with Gasteiger partial charge in [0.25, 0.3) is 5.91 Å². The van der Waals surface area contributed by atoms with E-state index in [2.05, 4.69) is 21.2 Å². The van der Waals surface area contributed by atoms with Crippen LogP contribution in [-0.4, -0.2) is 22.5 Å². The van der Waals surface area contributed by atoms with E-state index in [4.69, 9.17) is 0 Å². The first kappa shape index (κ1) is 15.0. The predicted octanol–water partition coefficient (Wildman–Crippen LogP) is 3.36. The molecule has 0 aliphatic heterocycles. The molecule has 0 atom stereocenters. The number of nitrogens with one attached hydrogen (secondary N) is 1. The largest absolute Gasteiger partial charge is 0.480 e. The molecule has 2 N–H and O–H groups in total. The lowest BCUT2D eigenvalue weighted by atomic mass is 9.90. The summed E-state index contributed by atoms with van der Waals surface area (Å²) in [5.41, 5.74) is -0.639. The summed E-state index contributed by atoms with van der Waals surface area (Å²) < 4.78 is 0.801. The van der Waals surface area contributed by atoms with E-state index in [0.717, 1.165) is 30.2 Å². The molecule has 0 spiro atoms. The van der Waals surface area contributed by atoms with E-state index in [0.29, 0.717) is 18.4 Å². The fourth-order valence-electron chi connectivity index (χ4n) is 2.64. The Kier molecular flexibility index (Phi) is 4.81. The molecule has 1 amide bonds. The number of halogens is 1. The van der Waals surface area contributed by atoms with Crippen LogP contribution in [-0.2, 0) is 4.79 Å². The molecule has 1 fully saturated rings. The van der Waals surface area contributed by atoms with Gasteiger partial charge in [-0.15, -0.1) is 0 Å². The number of carbonyl (C=O) groups is 2. The van der Waals surface area contributed by atoms with Gasteiger partial charge in [-0.05, 0) is 31.0 Å². The minimum Gasteiger partial charge on any atom is -0.480 e. The van der Waals surface area contributed by atoms with Crippen molar-refractivity contribution in [3.05, 3.63) is 34.3 Å². The van der Waals surface area contributed by atoms with Gasteiger partial charge < -0.3 is 10.4 Å². The van der Waals surface area contributed by atoms with Crippen LogP contribution in [0, 0.1) is 0 Å². The van der Waals surface area contributed by atoms with Gasteiger partial charge >= 0.3 is 5.97 Å². The molecule has 20 heavy (non-hydrogen) atoms. The monoisotopic (exact) mass is 339 g/mol. The Labute approximate surface area is 126 Å². The predicted molar refractivity (Wildman–Crippen MR) is 79.7 cm³/mol. The zero-order valence-corrected chi connectivity index (χ0v) is 12.8. The molecule has 0 radical (unpaired) electrons. The van der Waals surface area contributed by atoms with E-state index in [9.17, 15) is 14.7 Å². The minimum atomic E-state index is -1.12. The maximum absolute atomic E-state index is 12.3. The van der Waals surface area contributed by atoms with Gasteiger partial charge in [-0.1, -0.05) is 47.7 Å². The summed E-state index contributed by atoms with van der Waals surface area (Å²) in [7, 11) is 0. The molecule has 1 aliphatic rings. The van der Waals surface area contributed by atoms with Gasteiger partial charge in [0.15, 0.2) is 0 Å². The van der Waals surface area contributed by atoms with Crippen molar-refractivity contribution in [2.45, 2.75) is 44.1 Å². The van der Waals surface area contributed by atoms with Crippen LogP contribution in [0.2, 0.25) is 0 Å². The smallest absolute Gasteiger partial charge is 0.329 e. The van der Waals surface area contributed by atoms with Gasteiger partial charge in [-0.3, -0.25) is 4.79 Å². The Morgan fingerprint density at radius 1 is 1.15 bits per heavy atom. The summed E-state index contributed by atoms with van der Waals surface area (Å²) >= 11 is 3.31. The van der Waals surface area contributed by atoms with Crippen molar-refractivity contribution in [1.29, 1.82) is 0 Å². The van der Waals surface area contributed by atoms with Crippen LogP contribution >= 0.6 is 15.9 Å². The molecule has 5 heteroatoms. The van der Waals surface area contributed by atoms with Crippen LogP contribution in [0.25, 0.3) is 0 Å². The lowest BCUT2D eigenvalue weighted by Crippen LogP contribution is -2.54. The molecule has 0 unspecified atom stereocenters. The van der Waals surface area contributed by atoms with Crippen LogP contribution in [0.5, 0.6) is 0 Å². The first-order chi connectivity index (χ1) is 9.53. The second-order valence-corrected chi connectivity index (χ2v) is 6.18. The second kappa shape index (κ2) is 6.39. The molecule has 1 aliphatic carbocycles. The molecular formula is C15H18BrNO3. The molecule has 1 aromatic rings. The van der Waals surface area contributed by atoms with Gasteiger partial charge in [-0.25, -0.2) is 4.79 Å². The van der Waals surface area contributed by atoms with Crippen LogP contribution < -0.4 is 5.32 Å². The lowest BCUT2D eigenvalue weighted by Gasteiger charge is -2.29. The molecule has 0 saturated heterocycles. The fraction of sp³-hybridized carbons (Fsp3) is 0.467. The summed E-state index contributed by atoms with van der Waals surface area (Å²) in [4.78, 5) is 23.9. The Bertz CT molecular complexity index is 508. The van der Waals surface area contributed by atoms with E-state index < -0.39 is 11.5 Å². The van der Waals surface area contributed by atoms with Crippen LogP contribution in [0.4, 0.5) is 0 Å². The maximum Gasteiger partial charge on any atom is 0.329 e. The summed E-state index contributed by atoms with van der Waals surface area (Å²) in [6.45, 7) is 0. The molecule has 1 aromatic carbocycles. The molecule has 1 saturated carbocycles. The van der Waals surface area contributed by atoms with Gasteiger partial charge in [0, 0.05) is 10.0 Å². The highest BCUT2D eigenvalue weighted by atomic mass is 79.9. The quantitative estimate of drug-likeness (QED) is 0.829. The van der Waals surface area contributed by atoms with E-state index >= 15 is 0 Å². The Balaban J connectivity index is 2.19. The number of aliphatic carboxylic acids is 1. The number of carboxylic acid groups (broad SMARTS) is 1. The summed E-state index contributed by atoms with van der Waals surface area (Å²) in [5, 5.41) is 12.3. The van der Waals surface area contributed by atoms with Crippen molar-refractivity contribution in [1.82, 2.24) is 5.32 Å². The average molecular weight is 340 g/mol. The lowest BCUT2D eigenvalue weighted by molar-refractivity contribution is -0.145. The van der Waals surface area contributed by atoms with Crippen molar-refractivity contribution in [2.75, 3.05) is 0 Å². The van der Waals surface area contributed by atoms with Crippen LogP contribution in [0.3, 0.4) is 0 Å². The number of carbonyl (C=O) groups excluding carboxylic acids is 1. The topological polar surface area (TPSA) is 66.4 Å². The summed E-state index contributed by atoms with van der Waals surface area (Å²) in [5.74, 6) is -1.25. The van der Waals surface area contributed by atoms with Crippen molar-refractivity contribution in [2.24, 2.45) is 0 Å². The molecule has 0 aromatic heterocycles. The number of amides is 1. The highest BCUT2D eigenvalue weighted by Gasteiger charge is 2.40. The fourth-order valence-corrected chi connectivity index (χ4v) is 3.04. The minimum absolute atomic E-state index is 0.324. The first-order valence-electron chi connectivity index (χ1n) is 6.85. The normalized spacial score (nSPS) is 18.1. The number of benzene rings is 1. The van der Waals surface area contributed by atoms with E-state index in [1.54, 1.807) is 18.2 Å². The number of carboxylic acids is 1. The molecule has 0 bridgehead atoms. The molecule has 2 rings (SSSR count).